The van der Waals surface area contributed by atoms with Crippen LogP contribution in [-0.4, -0.2) is 57.0 Å². The smallest absolute Gasteiger partial charge is 0.459 e. The van der Waals surface area contributed by atoms with Crippen LogP contribution < -0.4 is 20.9 Å². The summed E-state index contributed by atoms with van der Waals surface area (Å²) < 4.78 is 36.8. The van der Waals surface area contributed by atoms with E-state index in [1.54, 1.807) is 30.3 Å². The van der Waals surface area contributed by atoms with Crippen molar-refractivity contribution in [3.63, 3.8) is 0 Å². The number of carbonyl (C=O) groups excluding carboxylic acids is 1. The summed E-state index contributed by atoms with van der Waals surface area (Å²) in [6.45, 7) is 4.59. The molecule has 1 aliphatic rings. The second kappa shape index (κ2) is 12.4. The average Bonchev–Trinajstić information content (AvgIpc) is 3.07. The first-order chi connectivity index (χ1) is 17.5. The Morgan fingerprint density at radius 2 is 2.03 bits per heavy atom. The number of hydrogen-bond donors (Lipinski definition) is 3. The average molecular weight is 560 g/mol. The largest absolute Gasteiger partial charge is 0.465 e. The summed E-state index contributed by atoms with van der Waals surface area (Å²) in [6, 6.07) is 8.24. The van der Waals surface area contributed by atoms with Crippen molar-refractivity contribution in [1.29, 1.82) is 0 Å². The standard InChI is InChI=1S/C23H31ClN3O9P/c1-4-5-13-33-20(30)15(2)26-37(32,36-16-9-7-6-8-10-16)34-14-17-19(29)23(3,24)21(35-17)27-12-11-18(28)25-22(27)31/h6-12,15,17,19,21,29H,4-5,13-14H2,1-3H3,(H,26,32)(H,25,28,31)/t15-,17-,19-,21-,23-,37-/m1/s1. The molecule has 0 radical (unpaired) electrons. The maximum absolute atomic E-state index is 13.7. The molecule has 2 heterocycles. The van der Waals surface area contributed by atoms with Crippen molar-refractivity contribution in [1.82, 2.24) is 14.6 Å². The van der Waals surface area contributed by atoms with Crippen LogP contribution in [0.4, 0.5) is 0 Å². The molecule has 0 spiro atoms. The van der Waals surface area contributed by atoms with Gasteiger partial charge in [0.1, 0.15) is 28.9 Å². The van der Waals surface area contributed by atoms with Crippen molar-refractivity contribution in [2.75, 3.05) is 13.2 Å². The van der Waals surface area contributed by atoms with Crippen molar-refractivity contribution in [3.8, 4) is 5.75 Å². The number of benzene rings is 1. The fraction of sp³-hybridized carbons (Fsp3) is 0.522. The van der Waals surface area contributed by atoms with Gasteiger partial charge < -0.3 is 19.1 Å². The molecule has 1 aliphatic heterocycles. The molecule has 204 valence electrons. The molecular formula is C23H31ClN3O9P. The number of rotatable bonds is 12. The van der Waals surface area contributed by atoms with E-state index < -0.39 is 60.9 Å². The summed E-state index contributed by atoms with van der Waals surface area (Å²) in [5.74, 6) is -0.436. The summed E-state index contributed by atoms with van der Waals surface area (Å²) in [6.07, 6.45) is -0.993. The maximum atomic E-state index is 13.7. The molecule has 1 aromatic heterocycles. The van der Waals surface area contributed by atoms with Gasteiger partial charge in [-0.3, -0.25) is 23.7 Å². The van der Waals surface area contributed by atoms with E-state index in [9.17, 15) is 24.1 Å². The second-order valence-electron chi connectivity index (χ2n) is 8.71. The summed E-state index contributed by atoms with van der Waals surface area (Å²) in [7, 11) is -4.22. The van der Waals surface area contributed by atoms with Crippen LogP contribution in [0.2, 0.25) is 0 Å². The van der Waals surface area contributed by atoms with Crippen LogP contribution in [0.1, 0.15) is 39.8 Å². The molecule has 0 saturated carbocycles. The highest BCUT2D eigenvalue weighted by atomic mass is 35.5. The van der Waals surface area contributed by atoms with Crippen molar-refractivity contribution >= 4 is 25.3 Å². The van der Waals surface area contributed by atoms with Gasteiger partial charge in [-0.05, 0) is 32.4 Å². The Labute approximate surface area is 218 Å². The lowest BCUT2D eigenvalue weighted by Gasteiger charge is -2.26. The molecule has 14 heteroatoms. The SMILES string of the molecule is CCCCOC(=O)[C@@H](C)N[P@@](=O)(OC[C@H]1O[C@@H](n2ccc(=O)[nH]c2=O)[C@](C)(Cl)[C@@H]1O)Oc1ccccc1. The van der Waals surface area contributed by atoms with Gasteiger partial charge in [-0.1, -0.05) is 31.5 Å². The summed E-state index contributed by atoms with van der Waals surface area (Å²) in [5.41, 5.74) is -1.39. The molecule has 3 N–H and O–H groups in total. The van der Waals surface area contributed by atoms with Crippen LogP contribution in [0.25, 0.3) is 0 Å². The van der Waals surface area contributed by atoms with E-state index >= 15 is 0 Å². The zero-order valence-corrected chi connectivity index (χ0v) is 22.3. The number of aliphatic hydroxyl groups excluding tert-OH is 1. The summed E-state index contributed by atoms with van der Waals surface area (Å²) >= 11 is 6.53. The molecule has 2 aromatic rings. The van der Waals surface area contributed by atoms with Gasteiger partial charge in [0.15, 0.2) is 6.23 Å². The molecule has 0 unspecified atom stereocenters. The maximum Gasteiger partial charge on any atom is 0.459 e. The Hall–Kier alpha value is -2.47. The molecule has 0 aliphatic carbocycles. The molecule has 3 rings (SSSR count). The van der Waals surface area contributed by atoms with Crippen LogP contribution in [0.15, 0.2) is 52.2 Å². The minimum Gasteiger partial charge on any atom is -0.465 e. The number of carbonyl (C=O) groups is 1. The lowest BCUT2D eigenvalue weighted by Crippen LogP contribution is -2.43. The predicted molar refractivity (Wildman–Crippen MR) is 135 cm³/mol. The molecule has 12 nitrogen and oxygen atoms in total. The lowest BCUT2D eigenvalue weighted by molar-refractivity contribution is -0.145. The minimum atomic E-state index is -4.22. The normalized spacial score (nSPS) is 25.8. The zero-order chi connectivity index (χ0) is 27.2. The van der Waals surface area contributed by atoms with E-state index in [-0.39, 0.29) is 12.4 Å². The summed E-state index contributed by atoms with van der Waals surface area (Å²) in [5, 5.41) is 13.4. The van der Waals surface area contributed by atoms with Gasteiger partial charge in [-0.15, -0.1) is 11.6 Å². The highest BCUT2D eigenvalue weighted by Gasteiger charge is 2.54. The van der Waals surface area contributed by atoms with Crippen molar-refractivity contribution < 1.29 is 33.0 Å². The van der Waals surface area contributed by atoms with E-state index in [1.165, 1.54) is 20.0 Å². The van der Waals surface area contributed by atoms with Crippen LogP contribution in [0.5, 0.6) is 5.75 Å². The third-order valence-corrected chi connectivity index (χ3v) is 7.70. The second-order valence-corrected chi connectivity index (χ2v) is 11.2. The molecule has 1 saturated heterocycles. The third kappa shape index (κ3) is 7.31. The Kier molecular flexibility index (Phi) is 9.74. The number of aromatic nitrogens is 2. The number of halogens is 1. The fourth-order valence-electron chi connectivity index (χ4n) is 3.58. The van der Waals surface area contributed by atoms with E-state index in [2.05, 4.69) is 10.1 Å². The summed E-state index contributed by atoms with van der Waals surface area (Å²) in [4.78, 5) is 36.6. The number of aromatic amines is 1. The first-order valence-corrected chi connectivity index (χ1v) is 13.7. The Bertz CT molecular complexity index is 1220. The number of nitrogens with one attached hydrogen (secondary N) is 2. The minimum absolute atomic E-state index is 0.206. The molecule has 6 atom stereocenters. The number of para-hydroxylation sites is 1. The number of aliphatic hydroxyl groups is 1. The predicted octanol–water partition coefficient (Wildman–Crippen LogP) is 2.32. The topological polar surface area (TPSA) is 158 Å². The number of hydrogen-bond acceptors (Lipinski definition) is 9. The molecular weight excluding hydrogens is 529 g/mol. The first kappa shape index (κ1) is 29.1. The number of H-pyrrole nitrogens is 1. The molecule has 0 amide bonds. The van der Waals surface area contributed by atoms with Gasteiger partial charge in [0, 0.05) is 12.3 Å². The number of unbranched alkanes of at least 4 members (excludes halogenated alkanes) is 1. The van der Waals surface area contributed by atoms with E-state index in [1.807, 2.05) is 6.92 Å². The number of nitrogens with zero attached hydrogens (tertiary/aromatic N) is 1. The van der Waals surface area contributed by atoms with E-state index in [0.29, 0.717) is 6.42 Å². The lowest BCUT2D eigenvalue weighted by atomic mass is 10.0. The Morgan fingerprint density at radius 1 is 1.32 bits per heavy atom. The van der Waals surface area contributed by atoms with Crippen molar-refractivity contribution in [2.45, 2.75) is 63.0 Å². The fourth-order valence-corrected chi connectivity index (χ4v) is 5.38. The van der Waals surface area contributed by atoms with Crippen molar-refractivity contribution in [3.05, 3.63) is 63.4 Å². The van der Waals surface area contributed by atoms with Gasteiger partial charge in [-0.2, -0.15) is 5.09 Å². The first-order valence-electron chi connectivity index (χ1n) is 11.7. The van der Waals surface area contributed by atoms with Gasteiger partial charge in [0.25, 0.3) is 5.56 Å². The Morgan fingerprint density at radius 3 is 2.68 bits per heavy atom. The van der Waals surface area contributed by atoms with Crippen LogP contribution in [-0.2, 0) is 23.4 Å². The molecule has 1 fully saturated rings. The highest BCUT2D eigenvalue weighted by molar-refractivity contribution is 7.52. The number of alkyl halides is 1. The quantitative estimate of drug-likeness (QED) is 0.152. The van der Waals surface area contributed by atoms with Gasteiger partial charge in [0.2, 0.25) is 0 Å². The molecule has 0 bridgehead atoms. The van der Waals surface area contributed by atoms with Crippen LogP contribution in [0.3, 0.4) is 0 Å². The monoisotopic (exact) mass is 559 g/mol. The van der Waals surface area contributed by atoms with Gasteiger partial charge in [0.05, 0.1) is 13.2 Å². The van der Waals surface area contributed by atoms with E-state index in [4.69, 9.17) is 30.1 Å². The third-order valence-electron chi connectivity index (χ3n) is 5.65. The van der Waals surface area contributed by atoms with Gasteiger partial charge in [-0.25, -0.2) is 9.36 Å². The van der Waals surface area contributed by atoms with Gasteiger partial charge >= 0.3 is 19.4 Å². The van der Waals surface area contributed by atoms with E-state index in [0.717, 1.165) is 17.1 Å². The number of esters is 1. The zero-order valence-electron chi connectivity index (χ0n) is 20.7. The van der Waals surface area contributed by atoms with Crippen LogP contribution >= 0.6 is 19.3 Å². The Balaban J connectivity index is 1.77. The molecule has 37 heavy (non-hydrogen) atoms. The highest BCUT2D eigenvalue weighted by Crippen LogP contribution is 2.48. The van der Waals surface area contributed by atoms with Crippen LogP contribution in [0, 0.1) is 0 Å². The van der Waals surface area contributed by atoms with Crippen molar-refractivity contribution in [2.24, 2.45) is 0 Å². The molecule has 1 aromatic carbocycles. The number of ether oxygens (including phenoxy) is 2.